The van der Waals surface area contributed by atoms with Crippen LogP contribution in [0.4, 0.5) is 0 Å². The van der Waals surface area contributed by atoms with Crippen LogP contribution in [0.25, 0.3) is 0 Å². The van der Waals surface area contributed by atoms with Gasteiger partial charge in [0.2, 0.25) is 0 Å². The van der Waals surface area contributed by atoms with E-state index in [9.17, 15) is 10.2 Å². The maximum atomic E-state index is 11.0. The quantitative estimate of drug-likeness (QED) is 0.397. The first-order chi connectivity index (χ1) is 14.7. The summed E-state index contributed by atoms with van der Waals surface area (Å²) in [4.78, 5) is 0. The molecule has 0 amide bonds. The fourth-order valence-electron chi connectivity index (χ4n) is 11.0. The average molecular weight is 443 g/mol. The summed E-state index contributed by atoms with van der Waals surface area (Å²) < 4.78 is 0. The van der Waals surface area contributed by atoms with Gasteiger partial charge in [0.05, 0.1) is 12.2 Å². The van der Waals surface area contributed by atoms with Crippen molar-refractivity contribution in [2.24, 2.45) is 56.7 Å². The molecule has 0 aromatic carbocycles. The van der Waals surface area contributed by atoms with Gasteiger partial charge in [-0.2, -0.15) is 0 Å². The Balaban J connectivity index is 1.60. The minimum atomic E-state index is -0.602. The Morgan fingerprint density at radius 1 is 0.844 bits per heavy atom. The molecule has 5 aliphatic rings. The summed E-state index contributed by atoms with van der Waals surface area (Å²) in [6, 6.07) is 0. The summed E-state index contributed by atoms with van der Waals surface area (Å²) in [7, 11) is 0. The van der Waals surface area contributed by atoms with Crippen LogP contribution in [0.1, 0.15) is 107 Å². The summed E-state index contributed by atoms with van der Waals surface area (Å²) in [5, 5.41) is 21.9. The van der Waals surface area contributed by atoms with E-state index in [4.69, 9.17) is 0 Å². The van der Waals surface area contributed by atoms with Crippen molar-refractivity contribution >= 4 is 0 Å². The van der Waals surface area contributed by atoms with E-state index in [0.717, 1.165) is 24.2 Å². The van der Waals surface area contributed by atoms with E-state index >= 15 is 0 Å². The number of hydrogen-bond acceptors (Lipinski definition) is 2. The van der Waals surface area contributed by atoms with Crippen LogP contribution in [0.15, 0.2) is 11.6 Å². The lowest BCUT2D eigenvalue weighted by atomic mass is 9.33. The van der Waals surface area contributed by atoms with Crippen molar-refractivity contribution in [3.8, 4) is 0 Å². The topological polar surface area (TPSA) is 40.5 Å². The average Bonchev–Trinajstić information content (AvgIpc) is 2.70. The zero-order valence-electron chi connectivity index (χ0n) is 22.2. The third kappa shape index (κ3) is 2.66. The molecule has 5 rings (SSSR count). The Morgan fingerprint density at radius 3 is 2.22 bits per heavy atom. The summed E-state index contributed by atoms with van der Waals surface area (Å²) in [6.45, 7) is 19.8. The van der Waals surface area contributed by atoms with Gasteiger partial charge in [-0.3, -0.25) is 0 Å². The molecule has 0 aliphatic heterocycles. The third-order valence-corrected chi connectivity index (χ3v) is 13.3. The molecule has 32 heavy (non-hydrogen) atoms. The molecule has 2 heteroatoms. The highest BCUT2D eigenvalue weighted by molar-refractivity contribution is 5.34. The molecule has 0 radical (unpaired) electrons. The zero-order chi connectivity index (χ0) is 23.5. The van der Waals surface area contributed by atoms with Crippen LogP contribution in [0.5, 0.6) is 0 Å². The van der Waals surface area contributed by atoms with Gasteiger partial charge in [0.15, 0.2) is 0 Å². The maximum absolute atomic E-state index is 11.0. The van der Waals surface area contributed by atoms with Crippen LogP contribution in [-0.4, -0.2) is 22.4 Å². The molecular weight excluding hydrogens is 392 g/mol. The van der Waals surface area contributed by atoms with Crippen molar-refractivity contribution in [3.63, 3.8) is 0 Å². The first-order valence-corrected chi connectivity index (χ1v) is 13.8. The van der Waals surface area contributed by atoms with Gasteiger partial charge in [-0.05, 0) is 108 Å². The molecule has 0 heterocycles. The largest absolute Gasteiger partial charge is 0.390 e. The molecule has 0 spiro atoms. The number of aliphatic hydroxyl groups is 2. The lowest BCUT2D eigenvalue weighted by Gasteiger charge is -2.71. The Hall–Kier alpha value is -0.340. The van der Waals surface area contributed by atoms with Crippen molar-refractivity contribution in [2.45, 2.75) is 119 Å². The molecule has 4 fully saturated rings. The predicted octanol–water partition coefficient (Wildman–Crippen LogP) is 7.00. The van der Waals surface area contributed by atoms with E-state index in [-0.39, 0.29) is 21.7 Å². The third-order valence-electron chi connectivity index (χ3n) is 13.3. The molecule has 4 saturated carbocycles. The van der Waals surface area contributed by atoms with E-state index in [1.165, 1.54) is 44.9 Å². The fourth-order valence-corrected chi connectivity index (χ4v) is 11.0. The minimum absolute atomic E-state index is 0.0897. The van der Waals surface area contributed by atoms with E-state index < -0.39 is 12.2 Å². The predicted molar refractivity (Wildman–Crippen MR) is 132 cm³/mol. The van der Waals surface area contributed by atoms with Gasteiger partial charge >= 0.3 is 0 Å². The van der Waals surface area contributed by atoms with Crippen LogP contribution >= 0.6 is 0 Å². The number of allylic oxidation sites excluding steroid dienone is 2. The van der Waals surface area contributed by atoms with Gasteiger partial charge in [0.25, 0.3) is 0 Å². The second-order valence-corrected chi connectivity index (χ2v) is 14.8. The molecule has 2 N–H and O–H groups in total. The SMILES string of the molecule is C[C@H]1[C@H](C)CC[C@]2(C)CC[C@]3(C)C(=CC[C@@H]4[C@@]5(C)C[C@@H](O)[C@H](O)C(C)(C)C5CC[C@]43C)[C@H]12. The van der Waals surface area contributed by atoms with E-state index in [1.54, 1.807) is 0 Å². The minimum Gasteiger partial charge on any atom is -0.390 e. The Bertz CT molecular complexity index is 814. The molecule has 2 nitrogen and oxygen atoms in total. The first kappa shape index (κ1) is 23.4. The smallest absolute Gasteiger partial charge is 0.0852 e. The second-order valence-electron chi connectivity index (χ2n) is 14.8. The highest BCUT2D eigenvalue weighted by Crippen LogP contribution is 2.75. The molecule has 0 bridgehead atoms. The summed E-state index contributed by atoms with van der Waals surface area (Å²) in [5.74, 6) is 3.41. The molecule has 0 aromatic heterocycles. The Labute approximate surface area is 197 Å². The summed E-state index contributed by atoms with van der Waals surface area (Å²) in [6.07, 6.45) is 11.4. The number of fused-ring (bicyclic) bond motifs is 7. The maximum Gasteiger partial charge on any atom is 0.0852 e. The second kappa shape index (κ2) is 6.87. The van der Waals surface area contributed by atoms with Crippen LogP contribution < -0.4 is 0 Å². The van der Waals surface area contributed by atoms with Gasteiger partial charge in [-0.1, -0.05) is 67.0 Å². The number of hydrogen-bond donors (Lipinski definition) is 2. The lowest BCUT2D eigenvalue weighted by Crippen LogP contribution is -2.66. The standard InChI is InChI=1S/C30H50O2/c1-18-11-13-27(5)15-16-29(7)20(24(27)19(18)2)9-10-23-28(6)17-21(31)25(32)26(3,4)22(28)12-14-30(23,29)8/h9,18-19,21-25,31-32H,10-17H2,1-8H3/t18-,19+,21-,22?,23-,24+,25+,27-,28+,29-,30-/m1/s1. The van der Waals surface area contributed by atoms with Crippen molar-refractivity contribution in [1.29, 1.82) is 0 Å². The van der Waals surface area contributed by atoms with Crippen molar-refractivity contribution in [2.75, 3.05) is 0 Å². The monoisotopic (exact) mass is 442 g/mol. The van der Waals surface area contributed by atoms with Crippen LogP contribution in [0.2, 0.25) is 0 Å². The van der Waals surface area contributed by atoms with Gasteiger partial charge < -0.3 is 10.2 Å². The van der Waals surface area contributed by atoms with Gasteiger partial charge in [-0.25, -0.2) is 0 Å². The van der Waals surface area contributed by atoms with E-state index in [1.807, 2.05) is 5.57 Å². The molecule has 0 aromatic rings. The number of aliphatic hydroxyl groups excluding tert-OH is 2. The van der Waals surface area contributed by atoms with Gasteiger partial charge in [0.1, 0.15) is 0 Å². The van der Waals surface area contributed by atoms with Gasteiger partial charge in [0, 0.05) is 0 Å². The van der Waals surface area contributed by atoms with E-state index in [2.05, 4.69) is 61.5 Å². The summed E-state index contributed by atoms with van der Waals surface area (Å²) >= 11 is 0. The highest BCUT2D eigenvalue weighted by atomic mass is 16.3. The molecule has 0 saturated heterocycles. The van der Waals surface area contributed by atoms with Gasteiger partial charge in [-0.15, -0.1) is 0 Å². The normalized spacial score (nSPS) is 59.2. The lowest BCUT2D eigenvalue weighted by molar-refractivity contribution is -0.231. The molecule has 5 aliphatic carbocycles. The van der Waals surface area contributed by atoms with Crippen molar-refractivity contribution in [1.82, 2.24) is 0 Å². The molecule has 182 valence electrons. The first-order valence-electron chi connectivity index (χ1n) is 13.8. The Morgan fingerprint density at radius 2 is 1.53 bits per heavy atom. The van der Waals surface area contributed by atoms with Crippen LogP contribution in [0, 0.1) is 56.7 Å². The summed E-state index contributed by atoms with van der Waals surface area (Å²) in [5.41, 5.74) is 2.71. The molecule has 1 unspecified atom stereocenters. The molecular formula is C30H50O2. The highest BCUT2D eigenvalue weighted by Gasteiger charge is 2.68. The Kier molecular flexibility index (Phi) is 5.02. The van der Waals surface area contributed by atoms with Crippen molar-refractivity contribution < 1.29 is 10.2 Å². The van der Waals surface area contributed by atoms with Crippen LogP contribution in [-0.2, 0) is 0 Å². The number of rotatable bonds is 0. The van der Waals surface area contributed by atoms with E-state index in [0.29, 0.717) is 17.3 Å². The van der Waals surface area contributed by atoms with Crippen molar-refractivity contribution in [3.05, 3.63) is 11.6 Å². The zero-order valence-corrected chi connectivity index (χ0v) is 22.2. The van der Waals surface area contributed by atoms with Crippen LogP contribution in [0.3, 0.4) is 0 Å². The fraction of sp³-hybridized carbons (Fsp3) is 0.933. The molecule has 11 atom stereocenters.